The highest BCUT2D eigenvalue weighted by Crippen LogP contribution is 2.16. The molecular formula is C8H11N5O. The quantitative estimate of drug-likeness (QED) is 0.676. The number of hydrogen-bond donors (Lipinski definition) is 2. The third-order valence-electron chi connectivity index (χ3n) is 1.76. The lowest BCUT2D eigenvalue weighted by molar-refractivity contribution is -0.116. The zero-order chi connectivity index (χ0) is 10.7. The Labute approximate surface area is 81.3 Å². The Morgan fingerprint density at radius 3 is 2.93 bits per heavy atom. The molecule has 6 heteroatoms. The molecule has 0 atom stereocenters. The van der Waals surface area contributed by atoms with Crippen molar-refractivity contribution in [2.75, 3.05) is 11.9 Å². The van der Waals surface area contributed by atoms with Crippen LogP contribution in [-0.4, -0.2) is 22.2 Å². The standard InChI is InChI=1S/C8H11N5O/c1-5-6(3-9)8(13(2)12-5)11-4-7(10)14/h11H,4H2,1-2H3,(H2,10,14). The number of nitriles is 1. The van der Waals surface area contributed by atoms with Gasteiger partial charge in [-0.25, -0.2) is 0 Å². The van der Waals surface area contributed by atoms with Gasteiger partial charge < -0.3 is 11.1 Å². The molecule has 0 radical (unpaired) electrons. The van der Waals surface area contributed by atoms with E-state index in [4.69, 9.17) is 11.0 Å². The molecule has 1 aromatic heterocycles. The van der Waals surface area contributed by atoms with Crippen LogP contribution in [0.25, 0.3) is 0 Å². The van der Waals surface area contributed by atoms with E-state index >= 15 is 0 Å². The summed E-state index contributed by atoms with van der Waals surface area (Å²) >= 11 is 0. The van der Waals surface area contributed by atoms with Crippen LogP contribution in [0.5, 0.6) is 0 Å². The van der Waals surface area contributed by atoms with E-state index in [1.165, 1.54) is 4.68 Å². The first kappa shape index (κ1) is 10.1. The summed E-state index contributed by atoms with van der Waals surface area (Å²) in [5.74, 6) is 0.0385. The van der Waals surface area contributed by atoms with E-state index in [1.807, 2.05) is 6.07 Å². The molecule has 0 saturated heterocycles. The SMILES string of the molecule is Cc1nn(C)c(NCC(N)=O)c1C#N. The topological polar surface area (TPSA) is 96.7 Å². The summed E-state index contributed by atoms with van der Waals surface area (Å²) in [7, 11) is 1.69. The minimum atomic E-state index is -0.479. The predicted octanol–water partition coefficient (Wildman–Crippen LogP) is -0.503. The molecule has 14 heavy (non-hydrogen) atoms. The van der Waals surface area contributed by atoms with Gasteiger partial charge in [0, 0.05) is 7.05 Å². The molecule has 0 saturated carbocycles. The summed E-state index contributed by atoms with van der Waals surface area (Å²) in [6.45, 7) is 1.72. The number of carbonyl (C=O) groups is 1. The summed E-state index contributed by atoms with van der Waals surface area (Å²) in [4.78, 5) is 10.5. The minimum Gasteiger partial charge on any atom is -0.368 e. The van der Waals surface area contributed by atoms with Gasteiger partial charge >= 0.3 is 0 Å². The number of anilines is 1. The normalized spacial score (nSPS) is 9.50. The molecule has 1 aromatic rings. The maximum absolute atomic E-state index is 10.5. The first-order valence-electron chi connectivity index (χ1n) is 4.02. The van der Waals surface area contributed by atoms with Gasteiger partial charge in [0.15, 0.2) is 0 Å². The Bertz CT molecular complexity index is 401. The third-order valence-corrected chi connectivity index (χ3v) is 1.76. The van der Waals surface area contributed by atoms with E-state index in [2.05, 4.69) is 10.4 Å². The molecule has 3 N–H and O–H groups in total. The molecule has 0 aliphatic rings. The number of aromatic nitrogens is 2. The van der Waals surface area contributed by atoms with Gasteiger partial charge in [0.05, 0.1) is 12.2 Å². The lowest BCUT2D eigenvalue weighted by Crippen LogP contribution is -2.23. The second-order valence-electron chi connectivity index (χ2n) is 2.86. The van der Waals surface area contributed by atoms with Crippen LogP contribution < -0.4 is 11.1 Å². The van der Waals surface area contributed by atoms with Gasteiger partial charge in [-0.05, 0) is 6.92 Å². The second-order valence-corrected chi connectivity index (χ2v) is 2.86. The van der Waals surface area contributed by atoms with Crippen molar-refractivity contribution in [3.05, 3.63) is 11.3 Å². The van der Waals surface area contributed by atoms with E-state index in [9.17, 15) is 4.79 Å². The van der Waals surface area contributed by atoms with Crippen LogP contribution in [0, 0.1) is 18.3 Å². The summed E-state index contributed by atoms with van der Waals surface area (Å²) in [5.41, 5.74) is 6.04. The van der Waals surface area contributed by atoms with Crippen molar-refractivity contribution < 1.29 is 4.79 Å². The van der Waals surface area contributed by atoms with E-state index in [-0.39, 0.29) is 6.54 Å². The van der Waals surface area contributed by atoms with E-state index < -0.39 is 5.91 Å². The molecule has 0 unspecified atom stereocenters. The molecule has 74 valence electrons. The number of hydrogen-bond acceptors (Lipinski definition) is 4. The summed E-state index contributed by atoms with van der Waals surface area (Å²) in [6, 6.07) is 2.01. The van der Waals surface area contributed by atoms with Gasteiger partial charge in [-0.1, -0.05) is 0 Å². The monoisotopic (exact) mass is 193 g/mol. The fourth-order valence-corrected chi connectivity index (χ4v) is 1.17. The molecule has 0 aliphatic carbocycles. The Morgan fingerprint density at radius 1 is 1.79 bits per heavy atom. The van der Waals surface area contributed by atoms with Gasteiger partial charge in [0.1, 0.15) is 17.5 Å². The van der Waals surface area contributed by atoms with Crippen molar-refractivity contribution in [1.29, 1.82) is 5.26 Å². The highest BCUT2D eigenvalue weighted by molar-refractivity contribution is 5.79. The number of primary amides is 1. The van der Waals surface area contributed by atoms with Crippen molar-refractivity contribution in [3.63, 3.8) is 0 Å². The van der Waals surface area contributed by atoms with Crippen LogP contribution in [0.15, 0.2) is 0 Å². The maximum atomic E-state index is 10.5. The molecule has 1 rings (SSSR count). The lowest BCUT2D eigenvalue weighted by atomic mass is 10.2. The maximum Gasteiger partial charge on any atom is 0.236 e. The van der Waals surface area contributed by atoms with Crippen molar-refractivity contribution in [2.45, 2.75) is 6.92 Å². The number of nitrogens with two attached hydrogens (primary N) is 1. The molecule has 0 bridgehead atoms. The van der Waals surface area contributed by atoms with E-state index in [0.29, 0.717) is 17.1 Å². The average molecular weight is 193 g/mol. The Balaban J connectivity index is 2.96. The minimum absolute atomic E-state index is 0.00630. The highest BCUT2D eigenvalue weighted by Gasteiger charge is 2.12. The van der Waals surface area contributed by atoms with Crippen molar-refractivity contribution in [1.82, 2.24) is 9.78 Å². The molecule has 1 amide bonds. The van der Waals surface area contributed by atoms with Crippen LogP contribution in [0.1, 0.15) is 11.3 Å². The smallest absolute Gasteiger partial charge is 0.236 e. The average Bonchev–Trinajstić information content (AvgIpc) is 2.36. The largest absolute Gasteiger partial charge is 0.368 e. The number of carbonyl (C=O) groups excluding carboxylic acids is 1. The molecule has 0 aliphatic heterocycles. The van der Waals surface area contributed by atoms with Gasteiger partial charge in [0.25, 0.3) is 0 Å². The Hall–Kier alpha value is -2.03. The molecule has 0 fully saturated rings. The van der Waals surface area contributed by atoms with Crippen LogP contribution in [0.4, 0.5) is 5.82 Å². The number of nitrogens with one attached hydrogen (secondary N) is 1. The number of amides is 1. The molecule has 0 aromatic carbocycles. The van der Waals surface area contributed by atoms with Gasteiger partial charge in [-0.3, -0.25) is 9.48 Å². The first-order chi connectivity index (χ1) is 6.56. The van der Waals surface area contributed by atoms with Crippen LogP contribution in [-0.2, 0) is 11.8 Å². The van der Waals surface area contributed by atoms with Crippen molar-refractivity contribution >= 4 is 11.7 Å². The van der Waals surface area contributed by atoms with Gasteiger partial charge in [0.2, 0.25) is 5.91 Å². The van der Waals surface area contributed by atoms with Crippen molar-refractivity contribution in [2.24, 2.45) is 12.8 Å². The first-order valence-corrected chi connectivity index (χ1v) is 4.02. The lowest BCUT2D eigenvalue weighted by Gasteiger charge is -2.03. The molecule has 0 spiro atoms. The predicted molar refractivity (Wildman–Crippen MR) is 50.3 cm³/mol. The highest BCUT2D eigenvalue weighted by atomic mass is 16.1. The van der Waals surface area contributed by atoms with Crippen LogP contribution in [0.3, 0.4) is 0 Å². The van der Waals surface area contributed by atoms with E-state index in [1.54, 1.807) is 14.0 Å². The summed E-state index contributed by atoms with van der Waals surface area (Å²) in [5, 5.41) is 15.6. The molecule has 6 nitrogen and oxygen atoms in total. The van der Waals surface area contributed by atoms with Gasteiger partial charge in [-0.2, -0.15) is 10.4 Å². The molecular weight excluding hydrogens is 182 g/mol. The Kier molecular flexibility index (Phi) is 2.72. The van der Waals surface area contributed by atoms with Gasteiger partial charge in [-0.15, -0.1) is 0 Å². The van der Waals surface area contributed by atoms with E-state index in [0.717, 1.165) is 0 Å². The fourth-order valence-electron chi connectivity index (χ4n) is 1.17. The van der Waals surface area contributed by atoms with Crippen LogP contribution in [0.2, 0.25) is 0 Å². The van der Waals surface area contributed by atoms with Crippen LogP contribution >= 0.6 is 0 Å². The summed E-state index contributed by atoms with van der Waals surface area (Å²) < 4.78 is 1.51. The zero-order valence-electron chi connectivity index (χ0n) is 8.03. The number of aryl methyl sites for hydroxylation is 2. The molecule has 1 heterocycles. The number of rotatable bonds is 3. The number of nitrogens with zero attached hydrogens (tertiary/aromatic N) is 3. The third kappa shape index (κ3) is 1.82. The zero-order valence-corrected chi connectivity index (χ0v) is 8.03. The summed E-state index contributed by atoms with van der Waals surface area (Å²) in [6.07, 6.45) is 0. The Morgan fingerprint density at radius 2 is 2.43 bits per heavy atom. The second kappa shape index (κ2) is 3.79. The fraction of sp³-hybridized carbons (Fsp3) is 0.375. The van der Waals surface area contributed by atoms with Crippen molar-refractivity contribution in [3.8, 4) is 6.07 Å².